The van der Waals surface area contributed by atoms with Crippen molar-refractivity contribution in [3.63, 3.8) is 0 Å². The molecule has 3 nitrogen and oxygen atoms in total. The van der Waals surface area contributed by atoms with E-state index in [1.54, 1.807) is 0 Å². The summed E-state index contributed by atoms with van der Waals surface area (Å²) < 4.78 is 17.0. The first-order valence-electron chi connectivity index (χ1n) is 15.7. The molecule has 1 heterocycles. The van der Waals surface area contributed by atoms with Crippen molar-refractivity contribution in [1.82, 2.24) is 0 Å². The third-order valence-corrected chi connectivity index (χ3v) is 11.9. The topological polar surface area (TPSA) is 29.5 Å². The van der Waals surface area contributed by atoms with E-state index < -0.39 is 8.16 Å². The van der Waals surface area contributed by atoms with E-state index in [1.165, 1.54) is 96.5 Å². The molecule has 1 aromatic heterocycles. The van der Waals surface area contributed by atoms with Gasteiger partial charge in [-0.2, -0.15) is 4.67 Å². The first kappa shape index (κ1) is 26.2. The van der Waals surface area contributed by atoms with Crippen LogP contribution in [-0.4, -0.2) is 12.1 Å². The molecule has 7 rings (SSSR count). The van der Waals surface area contributed by atoms with Crippen LogP contribution in [0.4, 0.5) is 0 Å². The zero-order valence-corrected chi connectivity index (χ0v) is 24.9. The summed E-state index contributed by atoms with van der Waals surface area (Å²) in [6.07, 6.45) is 13.4. The van der Waals surface area contributed by atoms with Crippen LogP contribution in [0.3, 0.4) is 0 Å². The Kier molecular flexibility index (Phi) is 7.37. The van der Waals surface area contributed by atoms with Crippen LogP contribution in [0, 0.1) is 11.8 Å². The van der Waals surface area contributed by atoms with Crippen molar-refractivity contribution in [2.75, 3.05) is 4.67 Å². The molecule has 2 aliphatic carbocycles. The summed E-state index contributed by atoms with van der Waals surface area (Å²) >= 11 is 0. The van der Waals surface area contributed by atoms with Gasteiger partial charge in [0.25, 0.3) is 0 Å². The fourth-order valence-corrected chi connectivity index (χ4v) is 9.62. The van der Waals surface area contributed by atoms with Crippen molar-refractivity contribution >= 4 is 51.6 Å². The smallest absolute Gasteiger partial charge is 0.310 e. The van der Waals surface area contributed by atoms with E-state index in [2.05, 4.69) is 91.3 Å². The van der Waals surface area contributed by atoms with Crippen LogP contribution in [0.15, 0.2) is 81.2 Å². The lowest BCUT2D eigenvalue weighted by Gasteiger charge is -2.41. The van der Waals surface area contributed by atoms with E-state index in [4.69, 9.17) is 8.39 Å². The van der Waals surface area contributed by atoms with Crippen LogP contribution in [0.1, 0.15) is 78.1 Å². The zero-order valence-electron chi connectivity index (χ0n) is 24.0. The van der Waals surface area contributed by atoms with Gasteiger partial charge in [-0.25, -0.2) is 0 Å². The van der Waals surface area contributed by atoms with Gasteiger partial charge >= 0.3 is 8.16 Å². The van der Waals surface area contributed by atoms with Gasteiger partial charge in [0.2, 0.25) is 0 Å². The minimum absolute atomic E-state index is 0.425. The van der Waals surface area contributed by atoms with Crippen LogP contribution in [0.25, 0.3) is 43.5 Å². The summed E-state index contributed by atoms with van der Waals surface area (Å²) in [5.74, 6) is 1.40. The maximum atomic E-state index is 7.15. The van der Waals surface area contributed by atoms with Crippen molar-refractivity contribution in [3.8, 4) is 0 Å². The van der Waals surface area contributed by atoms with E-state index >= 15 is 0 Å². The normalized spacial score (nSPS) is 19.1. The molecule has 2 fully saturated rings. The molecule has 0 amide bonds. The van der Waals surface area contributed by atoms with Gasteiger partial charge in [-0.15, -0.1) is 0 Å². The highest BCUT2D eigenvalue weighted by molar-refractivity contribution is 7.39. The second-order valence-corrected chi connectivity index (χ2v) is 13.7. The molecule has 208 valence electrons. The quantitative estimate of drug-likeness (QED) is 0.218. The Morgan fingerprint density at radius 3 is 1.45 bits per heavy atom. The van der Waals surface area contributed by atoms with Crippen molar-refractivity contribution in [2.45, 2.75) is 90.1 Å². The minimum Gasteiger partial charge on any atom is -0.408 e. The Hall–Kier alpha value is -2.74. The Morgan fingerprint density at radius 1 is 0.575 bits per heavy atom. The molecular weight excluding hydrogens is 509 g/mol. The summed E-state index contributed by atoms with van der Waals surface area (Å²) in [5, 5.41) is 7.27. The molecule has 0 radical (unpaired) electrons. The third-order valence-electron chi connectivity index (χ3n) is 10.1. The van der Waals surface area contributed by atoms with Crippen molar-refractivity contribution in [2.24, 2.45) is 11.8 Å². The molecule has 0 unspecified atom stereocenters. The molecular formula is C36H42NO2P. The molecule has 4 heteroatoms. The molecule has 2 aliphatic rings. The summed E-state index contributed by atoms with van der Waals surface area (Å²) in [5.41, 5.74) is 1.91. The Morgan fingerprint density at radius 2 is 1.00 bits per heavy atom. The average molecular weight is 552 g/mol. The standard InChI is InChI=1S/C36H42NO2P/c1-25(27-13-5-3-6-14-27)37(26(2)28-15-7-4-8-16-28)40-38-33-23-21-29-17-9-11-19-31(29)35(33)36-32-20-12-10-18-30(32)22-24-34(36)39-40/h9-12,17-28H,3-8,13-16H2,1-2H3/t25-,26-/m1/s1. The first-order valence-corrected chi connectivity index (χ1v) is 16.8. The molecule has 40 heavy (non-hydrogen) atoms. The summed E-state index contributed by atoms with van der Waals surface area (Å²) in [7, 11) is -1.34. The fraction of sp³-hybridized carbons (Fsp3) is 0.444. The van der Waals surface area contributed by atoms with Gasteiger partial charge in [-0.1, -0.05) is 99.2 Å². The maximum absolute atomic E-state index is 7.15. The highest BCUT2D eigenvalue weighted by Gasteiger charge is 2.36. The van der Waals surface area contributed by atoms with Crippen LogP contribution < -0.4 is 4.67 Å². The summed E-state index contributed by atoms with van der Waals surface area (Å²) in [6, 6.07) is 27.1. The number of hydrogen-bond acceptors (Lipinski definition) is 3. The predicted molar refractivity (Wildman–Crippen MR) is 172 cm³/mol. The predicted octanol–water partition coefficient (Wildman–Crippen LogP) is 11.5. The lowest BCUT2D eigenvalue weighted by molar-refractivity contribution is 0.258. The molecule has 0 spiro atoms. The van der Waals surface area contributed by atoms with Gasteiger partial charge in [-0.05, 0) is 85.0 Å². The number of fused-ring (bicyclic) bond motifs is 7. The molecule has 0 saturated heterocycles. The van der Waals surface area contributed by atoms with Crippen molar-refractivity contribution in [3.05, 3.63) is 72.8 Å². The molecule has 5 aromatic rings. The van der Waals surface area contributed by atoms with E-state index in [0.717, 1.165) is 11.2 Å². The Balaban J connectivity index is 1.52. The average Bonchev–Trinajstić information content (AvgIpc) is 3.19. The fourth-order valence-electron chi connectivity index (χ4n) is 7.79. The van der Waals surface area contributed by atoms with Crippen LogP contribution in [-0.2, 0) is 0 Å². The largest absolute Gasteiger partial charge is 0.408 e. The van der Waals surface area contributed by atoms with Gasteiger partial charge in [0.05, 0.1) is 0 Å². The minimum atomic E-state index is -1.34. The van der Waals surface area contributed by atoms with Gasteiger partial charge in [0, 0.05) is 22.9 Å². The van der Waals surface area contributed by atoms with Crippen molar-refractivity contribution in [1.29, 1.82) is 0 Å². The van der Waals surface area contributed by atoms with Crippen LogP contribution in [0.5, 0.6) is 0 Å². The Labute approximate surface area is 239 Å². The second kappa shape index (κ2) is 11.3. The highest BCUT2D eigenvalue weighted by Crippen LogP contribution is 2.46. The molecule has 2 saturated carbocycles. The molecule has 4 aromatic carbocycles. The van der Waals surface area contributed by atoms with E-state index in [-0.39, 0.29) is 0 Å². The zero-order chi connectivity index (χ0) is 27.1. The summed E-state index contributed by atoms with van der Waals surface area (Å²) in [6.45, 7) is 4.94. The number of hydrogen-bond donors (Lipinski definition) is 0. The Bertz CT molecular complexity index is 1560. The van der Waals surface area contributed by atoms with E-state index in [1.807, 2.05) is 0 Å². The van der Waals surface area contributed by atoms with E-state index in [9.17, 15) is 0 Å². The third kappa shape index (κ3) is 4.76. The van der Waals surface area contributed by atoms with Crippen molar-refractivity contribution < 1.29 is 8.39 Å². The lowest BCUT2D eigenvalue weighted by atomic mass is 9.81. The van der Waals surface area contributed by atoms with Crippen LogP contribution >= 0.6 is 8.16 Å². The van der Waals surface area contributed by atoms with Gasteiger partial charge in [-0.3, -0.25) is 0 Å². The van der Waals surface area contributed by atoms with Gasteiger partial charge in [0.15, 0.2) is 0 Å². The molecule has 0 bridgehead atoms. The van der Waals surface area contributed by atoms with E-state index in [0.29, 0.717) is 23.9 Å². The molecule has 0 N–H and O–H groups in total. The second-order valence-electron chi connectivity index (χ2n) is 12.4. The van der Waals surface area contributed by atoms with Crippen LogP contribution in [0.2, 0.25) is 0 Å². The SMILES string of the molecule is C[C@H](C1CCCCC1)N([C@H](C)C1CCCCC1)p1oc2ccc3ccccc3c2c2c(ccc3ccccc32)o1. The monoisotopic (exact) mass is 551 g/mol. The van der Waals surface area contributed by atoms with Gasteiger partial charge in [0.1, 0.15) is 11.2 Å². The molecule has 0 aliphatic heterocycles. The first-order chi connectivity index (χ1) is 19.7. The summed E-state index contributed by atoms with van der Waals surface area (Å²) in [4.78, 5) is 0. The number of nitrogens with zero attached hydrogens (tertiary/aromatic N) is 1. The highest BCUT2D eigenvalue weighted by atomic mass is 31.1. The van der Waals surface area contributed by atoms with Gasteiger partial charge < -0.3 is 8.39 Å². The maximum Gasteiger partial charge on any atom is 0.310 e. The molecule has 2 atom stereocenters. The number of benzene rings is 4. The lowest BCUT2D eigenvalue weighted by Crippen LogP contribution is -2.46. The number of rotatable bonds is 5.